The predicted molar refractivity (Wildman–Crippen MR) is 116 cm³/mol. The Labute approximate surface area is 183 Å². The molecule has 7 nitrogen and oxygen atoms in total. The molecule has 2 N–H and O–H groups in total. The van der Waals surface area contributed by atoms with Crippen molar-refractivity contribution in [1.82, 2.24) is 14.9 Å². The second kappa shape index (κ2) is 10.1. The van der Waals surface area contributed by atoms with Gasteiger partial charge in [0.15, 0.2) is 0 Å². The van der Waals surface area contributed by atoms with Gasteiger partial charge in [0, 0.05) is 24.2 Å². The van der Waals surface area contributed by atoms with E-state index in [0.717, 1.165) is 25.7 Å². The van der Waals surface area contributed by atoms with Crippen LogP contribution in [0.25, 0.3) is 0 Å². The van der Waals surface area contributed by atoms with Gasteiger partial charge in [-0.2, -0.15) is 4.31 Å². The highest BCUT2D eigenvalue weighted by molar-refractivity contribution is 7.89. The molecule has 1 saturated carbocycles. The van der Waals surface area contributed by atoms with Crippen molar-refractivity contribution in [3.8, 4) is 0 Å². The molecule has 1 aliphatic heterocycles. The highest BCUT2D eigenvalue weighted by Crippen LogP contribution is 2.25. The fraction of sp³-hybridized carbons (Fsp3) is 0.619. The van der Waals surface area contributed by atoms with Crippen molar-refractivity contribution in [2.75, 3.05) is 13.1 Å². The van der Waals surface area contributed by atoms with E-state index in [1.807, 2.05) is 0 Å². The molecule has 1 aromatic carbocycles. The van der Waals surface area contributed by atoms with Crippen molar-refractivity contribution < 1.29 is 18.0 Å². The minimum Gasteiger partial charge on any atom is -0.352 e. The van der Waals surface area contributed by atoms with Gasteiger partial charge in [0.25, 0.3) is 0 Å². The third-order valence-electron chi connectivity index (χ3n) is 5.91. The summed E-state index contributed by atoms with van der Waals surface area (Å²) < 4.78 is 27.2. The van der Waals surface area contributed by atoms with Crippen molar-refractivity contribution >= 4 is 33.4 Å². The van der Waals surface area contributed by atoms with E-state index < -0.39 is 22.0 Å². The second-order valence-corrected chi connectivity index (χ2v) is 10.6. The number of rotatable bonds is 6. The number of carbonyl (C=O) groups is 2. The maximum absolute atomic E-state index is 12.9. The molecule has 1 aromatic rings. The van der Waals surface area contributed by atoms with E-state index in [0.29, 0.717) is 24.4 Å². The first-order valence-corrected chi connectivity index (χ1v) is 12.5. The Kier molecular flexibility index (Phi) is 7.76. The lowest BCUT2D eigenvalue weighted by Crippen LogP contribution is -2.52. The molecule has 2 aliphatic rings. The van der Waals surface area contributed by atoms with E-state index in [-0.39, 0.29) is 29.3 Å². The van der Waals surface area contributed by atoms with Gasteiger partial charge in [0.1, 0.15) is 6.04 Å². The summed E-state index contributed by atoms with van der Waals surface area (Å²) in [5, 5.41) is 6.25. The van der Waals surface area contributed by atoms with Crippen LogP contribution in [0.3, 0.4) is 0 Å². The first kappa shape index (κ1) is 23.0. The zero-order chi connectivity index (χ0) is 21.7. The fourth-order valence-electron chi connectivity index (χ4n) is 4.10. The van der Waals surface area contributed by atoms with Gasteiger partial charge in [0.2, 0.25) is 21.8 Å². The number of carbonyl (C=O) groups excluding carboxylic acids is 2. The molecule has 9 heteroatoms. The number of hydrogen-bond donors (Lipinski definition) is 2. The van der Waals surface area contributed by atoms with Crippen molar-refractivity contribution in [3.05, 3.63) is 29.3 Å². The van der Waals surface area contributed by atoms with Crippen LogP contribution >= 0.6 is 11.6 Å². The van der Waals surface area contributed by atoms with Crippen molar-refractivity contribution in [3.63, 3.8) is 0 Å². The molecule has 30 heavy (non-hydrogen) atoms. The third kappa shape index (κ3) is 5.74. The highest BCUT2D eigenvalue weighted by atomic mass is 35.5. The van der Waals surface area contributed by atoms with Gasteiger partial charge in [-0.15, -0.1) is 0 Å². The van der Waals surface area contributed by atoms with Crippen molar-refractivity contribution in [2.45, 2.75) is 68.8 Å². The van der Waals surface area contributed by atoms with Gasteiger partial charge >= 0.3 is 0 Å². The van der Waals surface area contributed by atoms with Crippen LogP contribution in [0.2, 0.25) is 5.02 Å². The van der Waals surface area contributed by atoms with E-state index in [1.54, 1.807) is 6.92 Å². The normalized spacial score (nSPS) is 22.3. The van der Waals surface area contributed by atoms with Gasteiger partial charge < -0.3 is 10.6 Å². The molecule has 1 heterocycles. The van der Waals surface area contributed by atoms with Crippen LogP contribution in [0, 0.1) is 5.92 Å². The number of piperidine rings is 1. The SMILES string of the molecule is C[C@@H](NC(=O)[C@@H]1CCCN(S(=O)(=O)c2ccc(Cl)cc2)C1)C(=O)NC1CCCCC1. The number of nitrogens with one attached hydrogen (secondary N) is 2. The maximum atomic E-state index is 12.9. The van der Waals surface area contributed by atoms with E-state index >= 15 is 0 Å². The van der Waals surface area contributed by atoms with E-state index in [2.05, 4.69) is 10.6 Å². The Balaban J connectivity index is 1.57. The lowest BCUT2D eigenvalue weighted by Gasteiger charge is -2.32. The Bertz CT molecular complexity index is 854. The first-order valence-electron chi connectivity index (χ1n) is 10.6. The topological polar surface area (TPSA) is 95.6 Å². The molecular weight excluding hydrogens is 426 g/mol. The van der Waals surface area contributed by atoms with Crippen LogP contribution < -0.4 is 10.6 Å². The van der Waals surface area contributed by atoms with Crippen LogP contribution in [0.4, 0.5) is 0 Å². The zero-order valence-corrected chi connectivity index (χ0v) is 18.8. The molecule has 2 fully saturated rings. The molecule has 166 valence electrons. The molecule has 2 amide bonds. The Morgan fingerprint density at radius 1 is 1.07 bits per heavy atom. The summed E-state index contributed by atoms with van der Waals surface area (Å²) in [5.74, 6) is -0.945. The summed E-state index contributed by atoms with van der Waals surface area (Å²) in [6.07, 6.45) is 6.58. The minimum absolute atomic E-state index is 0.105. The summed E-state index contributed by atoms with van der Waals surface area (Å²) >= 11 is 5.85. The quantitative estimate of drug-likeness (QED) is 0.689. The Morgan fingerprint density at radius 3 is 2.40 bits per heavy atom. The van der Waals surface area contributed by atoms with Gasteiger partial charge in [0.05, 0.1) is 10.8 Å². The average Bonchev–Trinajstić information content (AvgIpc) is 2.74. The van der Waals surface area contributed by atoms with Crippen LogP contribution in [0.5, 0.6) is 0 Å². The maximum Gasteiger partial charge on any atom is 0.243 e. The van der Waals surface area contributed by atoms with Crippen LogP contribution in [-0.2, 0) is 19.6 Å². The number of hydrogen-bond acceptors (Lipinski definition) is 4. The highest BCUT2D eigenvalue weighted by Gasteiger charge is 2.34. The number of amides is 2. The molecular formula is C21H30ClN3O4S. The van der Waals surface area contributed by atoms with Gasteiger partial charge in [-0.05, 0) is 56.9 Å². The third-order valence-corrected chi connectivity index (χ3v) is 8.04. The lowest BCUT2D eigenvalue weighted by molar-refractivity contribution is -0.131. The van der Waals surface area contributed by atoms with Crippen molar-refractivity contribution in [1.29, 1.82) is 0 Å². The van der Waals surface area contributed by atoms with Crippen molar-refractivity contribution in [2.24, 2.45) is 5.92 Å². The van der Waals surface area contributed by atoms with E-state index in [4.69, 9.17) is 11.6 Å². The summed E-state index contributed by atoms with van der Waals surface area (Å²) in [5.41, 5.74) is 0. The number of nitrogens with zero attached hydrogens (tertiary/aromatic N) is 1. The lowest BCUT2D eigenvalue weighted by atomic mass is 9.95. The molecule has 0 bridgehead atoms. The van der Waals surface area contributed by atoms with E-state index in [9.17, 15) is 18.0 Å². The number of halogens is 1. The summed E-state index contributed by atoms with van der Waals surface area (Å²) in [6.45, 7) is 2.14. The van der Waals surface area contributed by atoms with Crippen LogP contribution in [-0.4, -0.2) is 49.7 Å². The minimum atomic E-state index is -3.69. The average molecular weight is 456 g/mol. The summed E-state index contributed by atoms with van der Waals surface area (Å²) in [4.78, 5) is 25.3. The fourth-order valence-corrected chi connectivity index (χ4v) is 5.75. The predicted octanol–water partition coefficient (Wildman–Crippen LogP) is 2.69. The molecule has 0 unspecified atom stereocenters. The standard InChI is InChI=1S/C21H30ClN3O4S/c1-15(20(26)24-18-7-3-2-4-8-18)23-21(27)16-6-5-13-25(14-16)30(28,29)19-11-9-17(22)10-12-19/h9-12,15-16,18H,2-8,13-14H2,1H3,(H,23,27)(H,24,26)/t15-,16-/m1/s1. The summed E-state index contributed by atoms with van der Waals surface area (Å²) in [6, 6.07) is 5.55. The van der Waals surface area contributed by atoms with Crippen LogP contribution in [0.1, 0.15) is 51.9 Å². The molecule has 1 aliphatic carbocycles. The van der Waals surface area contributed by atoms with Crippen LogP contribution in [0.15, 0.2) is 29.2 Å². The smallest absolute Gasteiger partial charge is 0.243 e. The molecule has 3 rings (SSSR count). The first-order chi connectivity index (χ1) is 14.3. The van der Waals surface area contributed by atoms with Gasteiger partial charge in [-0.3, -0.25) is 9.59 Å². The molecule has 1 saturated heterocycles. The van der Waals surface area contributed by atoms with Gasteiger partial charge in [-0.1, -0.05) is 30.9 Å². The summed E-state index contributed by atoms with van der Waals surface area (Å²) in [7, 11) is -3.69. The van der Waals surface area contributed by atoms with E-state index in [1.165, 1.54) is 35.0 Å². The molecule has 0 radical (unpaired) electrons. The monoisotopic (exact) mass is 455 g/mol. The Hall–Kier alpha value is -1.64. The zero-order valence-electron chi connectivity index (χ0n) is 17.3. The largest absolute Gasteiger partial charge is 0.352 e. The van der Waals surface area contributed by atoms with Gasteiger partial charge in [-0.25, -0.2) is 8.42 Å². The number of sulfonamides is 1. The molecule has 2 atom stereocenters. The number of benzene rings is 1. The second-order valence-electron chi connectivity index (χ2n) is 8.23. The molecule has 0 spiro atoms. The molecule has 0 aromatic heterocycles. The Morgan fingerprint density at radius 2 is 1.73 bits per heavy atom.